The number of rotatable bonds is 7. The molecule has 132 valence electrons. The summed E-state index contributed by atoms with van der Waals surface area (Å²) in [5, 5.41) is 2.75. The minimum atomic E-state index is -0.549. The van der Waals surface area contributed by atoms with Crippen molar-refractivity contribution in [2.45, 2.75) is 19.4 Å². The number of para-hydroxylation sites is 1. The van der Waals surface area contributed by atoms with Crippen LogP contribution in [0.2, 0.25) is 0 Å². The van der Waals surface area contributed by atoms with Gasteiger partial charge in [-0.05, 0) is 30.7 Å². The first-order valence-corrected chi connectivity index (χ1v) is 7.82. The van der Waals surface area contributed by atoms with Gasteiger partial charge in [-0.2, -0.15) is 0 Å². The summed E-state index contributed by atoms with van der Waals surface area (Å²) in [6.07, 6.45) is -0.0182. The molecule has 1 amide bonds. The monoisotopic (exact) mass is 345 g/mol. The van der Waals surface area contributed by atoms with Crippen LogP contribution in [0.25, 0.3) is 0 Å². The molecule has 1 atom stereocenters. The van der Waals surface area contributed by atoms with Gasteiger partial charge in [0.25, 0.3) is 5.91 Å². The number of esters is 1. The van der Waals surface area contributed by atoms with Crippen LogP contribution >= 0.6 is 0 Å². The topological polar surface area (TPSA) is 64.6 Å². The average Bonchev–Trinajstić information content (AvgIpc) is 2.62. The smallest absolute Gasteiger partial charge is 0.310 e. The summed E-state index contributed by atoms with van der Waals surface area (Å²) >= 11 is 0. The van der Waals surface area contributed by atoms with E-state index in [9.17, 15) is 14.0 Å². The third-order valence-electron chi connectivity index (χ3n) is 3.61. The largest absolute Gasteiger partial charge is 0.496 e. The maximum Gasteiger partial charge on any atom is 0.310 e. The number of amides is 1. The summed E-state index contributed by atoms with van der Waals surface area (Å²) in [7, 11) is 1.56. The number of ether oxygens (including phenoxy) is 2. The lowest BCUT2D eigenvalue weighted by atomic mass is 10.1. The number of halogens is 1. The van der Waals surface area contributed by atoms with Crippen LogP contribution in [-0.2, 0) is 20.7 Å². The molecule has 6 heteroatoms. The Morgan fingerprint density at radius 1 is 1.12 bits per heavy atom. The third-order valence-corrected chi connectivity index (χ3v) is 3.61. The van der Waals surface area contributed by atoms with Crippen molar-refractivity contribution >= 4 is 11.9 Å². The first kappa shape index (κ1) is 18.4. The highest BCUT2D eigenvalue weighted by Crippen LogP contribution is 2.24. The summed E-state index contributed by atoms with van der Waals surface area (Å²) < 4.78 is 23.0. The summed E-state index contributed by atoms with van der Waals surface area (Å²) in [5.41, 5.74) is 1.45. The van der Waals surface area contributed by atoms with Crippen molar-refractivity contribution in [3.05, 3.63) is 65.5 Å². The molecule has 0 bridgehead atoms. The molecule has 0 saturated heterocycles. The van der Waals surface area contributed by atoms with Gasteiger partial charge in [0, 0.05) is 5.56 Å². The van der Waals surface area contributed by atoms with Gasteiger partial charge in [-0.15, -0.1) is 0 Å². The molecule has 2 rings (SSSR count). The fraction of sp³-hybridized carbons (Fsp3) is 0.263. The second-order valence-corrected chi connectivity index (χ2v) is 5.50. The number of hydrogen-bond acceptors (Lipinski definition) is 4. The highest BCUT2D eigenvalue weighted by atomic mass is 19.1. The van der Waals surface area contributed by atoms with Crippen LogP contribution in [0.4, 0.5) is 4.39 Å². The van der Waals surface area contributed by atoms with E-state index in [-0.39, 0.29) is 24.9 Å². The summed E-state index contributed by atoms with van der Waals surface area (Å²) in [6.45, 7) is 1.44. The van der Waals surface area contributed by atoms with Crippen LogP contribution in [0.15, 0.2) is 48.5 Å². The Kier molecular flexibility index (Phi) is 6.51. The number of benzene rings is 2. The first-order chi connectivity index (χ1) is 12.0. The second kappa shape index (κ2) is 8.82. The second-order valence-electron chi connectivity index (χ2n) is 5.50. The van der Waals surface area contributed by atoms with Crippen LogP contribution < -0.4 is 10.1 Å². The summed E-state index contributed by atoms with van der Waals surface area (Å²) in [6, 6.07) is 12.6. The van der Waals surface area contributed by atoms with Crippen LogP contribution in [0.3, 0.4) is 0 Å². The zero-order valence-corrected chi connectivity index (χ0v) is 14.1. The fourth-order valence-electron chi connectivity index (χ4n) is 2.35. The molecule has 0 aromatic heterocycles. The Hall–Kier alpha value is -2.89. The van der Waals surface area contributed by atoms with Gasteiger partial charge in [-0.3, -0.25) is 9.59 Å². The summed E-state index contributed by atoms with van der Waals surface area (Å²) in [5.74, 6) is -0.664. The van der Waals surface area contributed by atoms with Gasteiger partial charge < -0.3 is 14.8 Å². The van der Waals surface area contributed by atoms with Gasteiger partial charge in [-0.1, -0.05) is 30.3 Å². The molecule has 2 aromatic carbocycles. The Labute approximate surface area is 145 Å². The van der Waals surface area contributed by atoms with E-state index >= 15 is 0 Å². The number of carbonyl (C=O) groups is 2. The maximum atomic E-state index is 12.8. The lowest BCUT2D eigenvalue weighted by Crippen LogP contribution is -2.31. The molecule has 2 aromatic rings. The van der Waals surface area contributed by atoms with Crippen molar-refractivity contribution in [1.82, 2.24) is 5.32 Å². The number of methoxy groups -OCH3 is 1. The van der Waals surface area contributed by atoms with Gasteiger partial charge in [0.1, 0.15) is 11.6 Å². The maximum absolute atomic E-state index is 12.8. The molecule has 0 fully saturated rings. The van der Waals surface area contributed by atoms with E-state index in [0.717, 1.165) is 5.56 Å². The lowest BCUT2D eigenvalue weighted by Gasteiger charge is -2.17. The molecule has 0 radical (unpaired) electrons. The average molecular weight is 345 g/mol. The molecule has 0 aliphatic heterocycles. The van der Waals surface area contributed by atoms with E-state index in [1.165, 1.54) is 24.3 Å². The van der Waals surface area contributed by atoms with Crippen molar-refractivity contribution in [1.29, 1.82) is 0 Å². The molecule has 0 heterocycles. The number of carbonyl (C=O) groups excluding carboxylic acids is 2. The van der Waals surface area contributed by atoms with Crippen LogP contribution in [0.5, 0.6) is 5.75 Å². The molecule has 0 aliphatic carbocycles. The van der Waals surface area contributed by atoms with Crippen molar-refractivity contribution in [3.8, 4) is 5.75 Å². The van der Waals surface area contributed by atoms with E-state index < -0.39 is 11.9 Å². The highest BCUT2D eigenvalue weighted by Gasteiger charge is 2.15. The molecule has 0 aliphatic rings. The van der Waals surface area contributed by atoms with Gasteiger partial charge in [-0.25, -0.2) is 4.39 Å². The van der Waals surface area contributed by atoms with Crippen molar-refractivity contribution in [2.24, 2.45) is 0 Å². The molecule has 0 saturated carbocycles. The number of hydrogen-bond donors (Lipinski definition) is 1. The molecule has 1 unspecified atom stereocenters. The molecule has 0 spiro atoms. The Morgan fingerprint density at radius 3 is 2.48 bits per heavy atom. The summed E-state index contributed by atoms with van der Waals surface area (Å²) in [4.78, 5) is 23.7. The van der Waals surface area contributed by atoms with Crippen molar-refractivity contribution in [2.75, 3.05) is 13.7 Å². The van der Waals surface area contributed by atoms with Crippen LogP contribution in [-0.4, -0.2) is 25.6 Å². The van der Waals surface area contributed by atoms with E-state index in [1.807, 2.05) is 25.1 Å². The highest BCUT2D eigenvalue weighted by molar-refractivity contribution is 5.81. The minimum absolute atomic E-state index is 0.0182. The normalized spacial score (nSPS) is 11.5. The van der Waals surface area contributed by atoms with E-state index in [1.54, 1.807) is 13.2 Å². The van der Waals surface area contributed by atoms with Gasteiger partial charge in [0.2, 0.25) is 0 Å². The predicted molar refractivity (Wildman–Crippen MR) is 90.6 cm³/mol. The van der Waals surface area contributed by atoms with E-state index in [2.05, 4.69) is 5.32 Å². The fourth-order valence-corrected chi connectivity index (χ4v) is 2.35. The standard InChI is InChI=1S/C19H20FNO4/c1-13(16-5-3-4-6-17(16)24-2)21-18(22)12-25-19(23)11-14-7-9-15(20)10-8-14/h3-10,13H,11-12H2,1-2H3,(H,21,22). The lowest BCUT2D eigenvalue weighted by molar-refractivity contribution is -0.148. The Morgan fingerprint density at radius 2 is 1.80 bits per heavy atom. The molecular formula is C19H20FNO4. The van der Waals surface area contributed by atoms with Gasteiger partial charge >= 0.3 is 5.97 Å². The molecule has 5 nitrogen and oxygen atoms in total. The zero-order valence-electron chi connectivity index (χ0n) is 14.1. The van der Waals surface area contributed by atoms with Gasteiger partial charge in [0.15, 0.2) is 6.61 Å². The Bertz CT molecular complexity index is 730. The molecule has 25 heavy (non-hydrogen) atoms. The van der Waals surface area contributed by atoms with E-state index in [0.29, 0.717) is 11.3 Å². The number of nitrogens with one attached hydrogen (secondary N) is 1. The Balaban J connectivity index is 1.81. The van der Waals surface area contributed by atoms with Crippen molar-refractivity contribution < 1.29 is 23.5 Å². The first-order valence-electron chi connectivity index (χ1n) is 7.82. The van der Waals surface area contributed by atoms with E-state index in [4.69, 9.17) is 9.47 Å². The SMILES string of the molecule is COc1ccccc1C(C)NC(=O)COC(=O)Cc1ccc(F)cc1. The van der Waals surface area contributed by atoms with Crippen LogP contribution in [0, 0.1) is 5.82 Å². The van der Waals surface area contributed by atoms with Crippen molar-refractivity contribution in [3.63, 3.8) is 0 Å². The molecular weight excluding hydrogens is 325 g/mol. The quantitative estimate of drug-likeness (QED) is 0.784. The zero-order chi connectivity index (χ0) is 18.2. The predicted octanol–water partition coefficient (Wildman–Crippen LogP) is 2.80. The minimum Gasteiger partial charge on any atom is -0.496 e. The van der Waals surface area contributed by atoms with Crippen LogP contribution in [0.1, 0.15) is 24.1 Å². The molecule has 1 N–H and O–H groups in total. The van der Waals surface area contributed by atoms with Gasteiger partial charge in [0.05, 0.1) is 19.6 Å². The third kappa shape index (κ3) is 5.60.